The average molecular weight is 266 g/mol. The number of anilines is 1. The van der Waals surface area contributed by atoms with Gasteiger partial charge in [0, 0.05) is 18.3 Å². The van der Waals surface area contributed by atoms with Crippen LogP contribution >= 0.6 is 0 Å². The SMILES string of the molecule is CC(C)Cn1ncnc1CNc1cc(F)cc(F)c1. The molecule has 0 aliphatic carbocycles. The summed E-state index contributed by atoms with van der Waals surface area (Å²) in [5.41, 5.74) is 0.386. The van der Waals surface area contributed by atoms with E-state index in [2.05, 4.69) is 29.2 Å². The maximum Gasteiger partial charge on any atom is 0.146 e. The van der Waals surface area contributed by atoms with Crippen LogP contribution in [-0.2, 0) is 13.1 Å². The summed E-state index contributed by atoms with van der Waals surface area (Å²) in [4.78, 5) is 4.13. The van der Waals surface area contributed by atoms with Crippen molar-refractivity contribution in [2.45, 2.75) is 26.9 Å². The van der Waals surface area contributed by atoms with E-state index in [1.807, 2.05) is 0 Å². The number of rotatable bonds is 5. The van der Waals surface area contributed by atoms with E-state index >= 15 is 0 Å². The number of aromatic nitrogens is 3. The molecule has 1 aromatic carbocycles. The van der Waals surface area contributed by atoms with E-state index in [0.717, 1.165) is 18.4 Å². The zero-order chi connectivity index (χ0) is 13.8. The minimum atomic E-state index is -0.605. The highest BCUT2D eigenvalue weighted by molar-refractivity contribution is 5.43. The van der Waals surface area contributed by atoms with Crippen LogP contribution in [0, 0.1) is 17.6 Å². The summed E-state index contributed by atoms with van der Waals surface area (Å²) in [5.74, 6) is -0.0253. The van der Waals surface area contributed by atoms with Gasteiger partial charge in [-0.2, -0.15) is 5.10 Å². The summed E-state index contributed by atoms with van der Waals surface area (Å²) in [6.07, 6.45) is 1.48. The zero-order valence-corrected chi connectivity index (χ0v) is 10.9. The van der Waals surface area contributed by atoms with E-state index in [1.165, 1.54) is 18.5 Å². The van der Waals surface area contributed by atoms with Gasteiger partial charge in [0.25, 0.3) is 0 Å². The molecule has 0 aliphatic heterocycles. The fourth-order valence-electron chi connectivity index (χ4n) is 1.76. The van der Waals surface area contributed by atoms with Crippen molar-refractivity contribution >= 4 is 5.69 Å². The second-order valence-corrected chi connectivity index (χ2v) is 4.76. The first kappa shape index (κ1) is 13.5. The van der Waals surface area contributed by atoms with Gasteiger partial charge in [0.05, 0.1) is 6.54 Å². The Bertz CT molecular complexity index is 531. The highest BCUT2D eigenvalue weighted by atomic mass is 19.1. The summed E-state index contributed by atoms with van der Waals surface area (Å²) >= 11 is 0. The Morgan fingerprint density at radius 2 is 1.89 bits per heavy atom. The van der Waals surface area contributed by atoms with Crippen molar-refractivity contribution in [1.82, 2.24) is 14.8 Å². The van der Waals surface area contributed by atoms with Crippen LogP contribution in [0.25, 0.3) is 0 Å². The minimum absolute atomic E-state index is 0.371. The normalized spacial score (nSPS) is 11.0. The molecule has 1 heterocycles. The third-order valence-corrected chi connectivity index (χ3v) is 2.55. The molecule has 2 rings (SSSR count). The number of halogens is 2. The Kier molecular flexibility index (Phi) is 4.09. The van der Waals surface area contributed by atoms with Gasteiger partial charge >= 0.3 is 0 Å². The molecule has 0 saturated carbocycles. The molecule has 0 radical (unpaired) electrons. The van der Waals surface area contributed by atoms with Crippen molar-refractivity contribution in [2.24, 2.45) is 5.92 Å². The third-order valence-electron chi connectivity index (χ3n) is 2.55. The van der Waals surface area contributed by atoms with E-state index in [9.17, 15) is 8.78 Å². The fraction of sp³-hybridized carbons (Fsp3) is 0.385. The molecule has 1 N–H and O–H groups in total. The summed E-state index contributed by atoms with van der Waals surface area (Å²) in [5, 5.41) is 7.06. The second-order valence-electron chi connectivity index (χ2n) is 4.76. The molecule has 2 aromatic rings. The zero-order valence-electron chi connectivity index (χ0n) is 10.9. The van der Waals surface area contributed by atoms with Gasteiger partial charge in [0.15, 0.2) is 0 Å². The molecule has 0 spiro atoms. The molecule has 0 aliphatic rings. The van der Waals surface area contributed by atoms with Crippen molar-refractivity contribution < 1.29 is 8.78 Å². The van der Waals surface area contributed by atoms with Gasteiger partial charge in [-0.15, -0.1) is 0 Å². The number of benzene rings is 1. The van der Waals surface area contributed by atoms with Crippen LogP contribution < -0.4 is 5.32 Å². The third kappa shape index (κ3) is 3.74. The van der Waals surface area contributed by atoms with Crippen molar-refractivity contribution in [3.63, 3.8) is 0 Å². The van der Waals surface area contributed by atoms with Crippen molar-refractivity contribution in [3.05, 3.63) is 42.0 Å². The Balaban J connectivity index is 2.04. The Morgan fingerprint density at radius 1 is 1.21 bits per heavy atom. The van der Waals surface area contributed by atoms with Gasteiger partial charge in [0.1, 0.15) is 23.8 Å². The standard InChI is InChI=1S/C13H16F2N4/c1-9(2)7-19-13(17-8-18-19)6-16-12-4-10(14)3-11(15)5-12/h3-5,8-9,16H,6-7H2,1-2H3. The van der Waals surface area contributed by atoms with E-state index in [4.69, 9.17) is 0 Å². The first-order valence-electron chi connectivity index (χ1n) is 6.11. The lowest BCUT2D eigenvalue weighted by molar-refractivity contribution is 0.468. The van der Waals surface area contributed by atoms with Gasteiger partial charge in [-0.25, -0.2) is 18.4 Å². The Morgan fingerprint density at radius 3 is 2.53 bits per heavy atom. The fourth-order valence-corrected chi connectivity index (χ4v) is 1.76. The molecule has 0 saturated heterocycles. The molecule has 1 aromatic heterocycles. The van der Waals surface area contributed by atoms with Crippen LogP contribution in [0.3, 0.4) is 0 Å². The van der Waals surface area contributed by atoms with Crippen LogP contribution in [0.2, 0.25) is 0 Å². The molecule has 0 bridgehead atoms. The summed E-state index contributed by atoms with van der Waals surface area (Å²) in [6, 6.07) is 3.32. The Labute approximate surface area is 110 Å². The van der Waals surface area contributed by atoms with Crippen LogP contribution in [0.1, 0.15) is 19.7 Å². The highest BCUT2D eigenvalue weighted by Crippen LogP contribution is 2.13. The first-order valence-corrected chi connectivity index (χ1v) is 6.11. The number of nitrogens with one attached hydrogen (secondary N) is 1. The van der Waals surface area contributed by atoms with E-state index in [1.54, 1.807) is 4.68 Å². The lowest BCUT2D eigenvalue weighted by atomic mass is 10.2. The van der Waals surface area contributed by atoms with Gasteiger partial charge in [0.2, 0.25) is 0 Å². The molecule has 6 heteroatoms. The van der Waals surface area contributed by atoms with Gasteiger partial charge < -0.3 is 5.32 Å². The molecule has 0 unspecified atom stereocenters. The molecule has 19 heavy (non-hydrogen) atoms. The minimum Gasteiger partial charge on any atom is -0.378 e. The molecule has 0 atom stereocenters. The summed E-state index contributed by atoms with van der Waals surface area (Å²) in [6.45, 7) is 5.30. The molecule has 4 nitrogen and oxygen atoms in total. The van der Waals surface area contributed by atoms with Gasteiger partial charge in [-0.05, 0) is 18.1 Å². The molecule has 102 valence electrons. The maximum absolute atomic E-state index is 13.0. The van der Waals surface area contributed by atoms with Crippen molar-refractivity contribution in [1.29, 1.82) is 0 Å². The number of hydrogen-bond acceptors (Lipinski definition) is 3. The predicted molar refractivity (Wildman–Crippen MR) is 68.5 cm³/mol. The molecular weight excluding hydrogens is 250 g/mol. The van der Waals surface area contributed by atoms with Crippen LogP contribution in [0.4, 0.5) is 14.5 Å². The largest absolute Gasteiger partial charge is 0.378 e. The summed E-state index contributed by atoms with van der Waals surface area (Å²) in [7, 11) is 0. The van der Waals surface area contributed by atoms with E-state index in [0.29, 0.717) is 18.2 Å². The predicted octanol–water partition coefficient (Wildman–Crippen LogP) is 2.82. The topological polar surface area (TPSA) is 42.7 Å². The highest BCUT2D eigenvalue weighted by Gasteiger charge is 2.07. The molecular formula is C13H16F2N4. The molecule has 0 amide bonds. The van der Waals surface area contributed by atoms with E-state index in [-0.39, 0.29) is 0 Å². The van der Waals surface area contributed by atoms with Gasteiger partial charge in [-0.1, -0.05) is 13.8 Å². The quantitative estimate of drug-likeness (QED) is 0.905. The maximum atomic E-state index is 13.0. The van der Waals surface area contributed by atoms with Crippen LogP contribution in [0.5, 0.6) is 0 Å². The van der Waals surface area contributed by atoms with Gasteiger partial charge in [-0.3, -0.25) is 0 Å². The smallest absolute Gasteiger partial charge is 0.146 e. The average Bonchev–Trinajstić information content (AvgIpc) is 2.71. The monoisotopic (exact) mass is 266 g/mol. The van der Waals surface area contributed by atoms with Crippen LogP contribution in [-0.4, -0.2) is 14.8 Å². The number of hydrogen-bond donors (Lipinski definition) is 1. The first-order chi connectivity index (χ1) is 9.04. The number of nitrogens with zero attached hydrogens (tertiary/aromatic N) is 3. The second kappa shape index (κ2) is 5.77. The van der Waals surface area contributed by atoms with Crippen molar-refractivity contribution in [3.8, 4) is 0 Å². The molecule has 0 fully saturated rings. The Hall–Kier alpha value is -1.98. The van der Waals surface area contributed by atoms with Crippen LogP contribution in [0.15, 0.2) is 24.5 Å². The lowest BCUT2D eigenvalue weighted by Gasteiger charge is -2.10. The summed E-state index contributed by atoms with van der Waals surface area (Å²) < 4.78 is 27.8. The van der Waals surface area contributed by atoms with E-state index < -0.39 is 11.6 Å². The van der Waals surface area contributed by atoms with Crippen molar-refractivity contribution in [2.75, 3.05) is 5.32 Å². The lowest BCUT2D eigenvalue weighted by Crippen LogP contribution is -2.13.